The van der Waals surface area contributed by atoms with Crippen molar-refractivity contribution >= 4 is 28.9 Å². The summed E-state index contributed by atoms with van der Waals surface area (Å²) in [6.07, 6.45) is 5.29. The van der Waals surface area contributed by atoms with Gasteiger partial charge in [-0.05, 0) is 17.7 Å². The van der Waals surface area contributed by atoms with Gasteiger partial charge in [-0.25, -0.2) is 4.79 Å². The molecule has 0 aliphatic carbocycles. The van der Waals surface area contributed by atoms with E-state index in [0.717, 1.165) is 16.5 Å². The van der Waals surface area contributed by atoms with E-state index in [0.29, 0.717) is 5.56 Å². The number of H-pyrrole nitrogens is 1. The summed E-state index contributed by atoms with van der Waals surface area (Å²) in [6, 6.07) is 5.61. The normalized spacial score (nSPS) is 11.0. The van der Waals surface area contributed by atoms with E-state index in [4.69, 9.17) is 10.5 Å². The molecule has 3 N–H and O–H groups in total. The highest BCUT2D eigenvalue weighted by Crippen LogP contribution is 2.21. The van der Waals surface area contributed by atoms with Crippen molar-refractivity contribution in [1.82, 2.24) is 4.98 Å². The minimum Gasteiger partial charge on any atom is -0.465 e. The van der Waals surface area contributed by atoms with Gasteiger partial charge >= 0.3 is 5.97 Å². The maximum atomic E-state index is 11.6. The number of nitrogens with one attached hydrogen (secondary N) is 1. The maximum absolute atomic E-state index is 11.6. The highest BCUT2D eigenvalue weighted by molar-refractivity contribution is 6.04. The fraction of sp³-hybridized carbons (Fsp3) is 0.143. The molecule has 0 saturated heterocycles. The van der Waals surface area contributed by atoms with Crippen molar-refractivity contribution < 1.29 is 14.3 Å². The minimum atomic E-state index is -0.385. The summed E-state index contributed by atoms with van der Waals surface area (Å²) in [4.78, 5) is 25.2. The first kappa shape index (κ1) is 12.9. The number of amides is 1. The lowest BCUT2D eigenvalue weighted by molar-refractivity contribution is -0.117. The molecule has 0 spiro atoms. The van der Waals surface area contributed by atoms with Gasteiger partial charge < -0.3 is 15.5 Å². The number of ether oxygens (including phenoxy) is 1. The molecule has 1 aromatic heterocycles. The van der Waals surface area contributed by atoms with Crippen LogP contribution in [0, 0.1) is 0 Å². The number of esters is 1. The molecule has 0 fully saturated rings. The number of fused-ring (bicyclic) bond motifs is 1. The fourth-order valence-corrected chi connectivity index (χ4v) is 1.83. The summed E-state index contributed by atoms with van der Waals surface area (Å²) < 4.78 is 4.72. The molecule has 19 heavy (non-hydrogen) atoms. The van der Waals surface area contributed by atoms with E-state index in [-0.39, 0.29) is 18.3 Å². The van der Waals surface area contributed by atoms with E-state index in [1.54, 1.807) is 18.3 Å². The first-order valence-electron chi connectivity index (χ1n) is 5.76. The Morgan fingerprint density at radius 2 is 2.21 bits per heavy atom. The molecular formula is C14H14N2O3. The van der Waals surface area contributed by atoms with E-state index in [2.05, 4.69) is 4.98 Å². The predicted molar refractivity (Wildman–Crippen MR) is 72.5 cm³/mol. The largest absolute Gasteiger partial charge is 0.465 e. The summed E-state index contributed by atoms with van der Waals surface area (Å²) in [6.45, 7) is 0. The summed E-state index contributed by atoms with van der Waals surface area (Å²) >= 11 is 0. The number of aromatic amines is 1. The fourth-order valence-electron chi connectivity index (χ4n) is 1.83. The molecular weight excluding hydrogens is 244 g/mol. The summed E-state index contributed by atoms with van der Waals surface area (Å²) in [5.74, 6) is -0.765. The van der Waals surface area contributed by atoms with Crippen LogP contribution in [0.5, 0.6) is 0 Å². The second-order valence-corrected chi connectivity index (χ2v) is 4.07. The number of nitrogens with two attached hydrogens (primary N) is 1. The Labute approximate surface area is 110 Å². The van der Waals surface area contributed by atoms with Crippen LogP contribution in [0.1, 0.15) is 22.3 Å². The van der Waals surface area contributed by atoms with Crippen LogP contribution in [0.2, 0.25) is 0 Å². The van der Waals surface area contributed by atoms with E-state index < -0.39 is 0 Å². The Balaban J connectivity index is 2.35. The SMILES string of the molecule is COC(=O)c1c[nH]c2ccc(C=CCC(N)=O)cc12. The van der Waals surface area contributed by atoms with Crippen molar-refractivity contribution in [2.45, 2.75) is 6.42 Å². The van der Waals surface area contributed by atoms with Gasteiger partial charge in [0.25, 0.3) is 0 Å². The van der Waals surface area contributed by atoms with Crippen LogP contribution in [0.25, 0.3) is 17.0 Å². The van der Waals surface area contributed by atoms with Gasteiger partial charge in [0.2, 0.25) is 5.91 Å². The molecule has 1 aromatic carbocycles. The molecule has 98 valence electrons. The monoisotopic (exact) mass is 258 g/mol. The summed E-state index contributed by atoms with van der Waals surface area (Å²) in [5.41, 5.74) is 7.29. The number of rotatable bonds is 4. The molecule has 0 unspecified atom stereocenters. The smallest absolute Gasteiger partial charge is 0.340 e. The first-order valence-corrected chi connectivity index (χ1v) is 5.76. The third kappa shape index (κ3) is 2.82. The van der Waals surface area contributed by atoms with E-state index in [1.165, 1.54) is 7.11 Å². The standard InChI is InChI=1S/C14H14N2O3/c1-19-14(18)11-8-16-12-6-5-9(7-10(11)12)3-2-4-13(15)17/h2-3,5-8,16H,4H2,1H3,(H2,15,17). The summed E-state index contributed by atoms with van der Waals surface area (Å²) in [7, 11) is 1.35. The molecule has 1 heterocycles. The van der Waals surface area contributed by atoms with Gasteiger partial charge in [-0.1, -0.05) is 18.2 Å². The lowest BCUT2D eigenvalue weighted by Gasteiger charge is -1.98. The van der Waals surface area contributed by atoms with Gasteiger partial charge in [0.1, 0.15) is 0 Å². The van der Waals surface area contributed by atoms with Gasteiger partial charge in [0.05, 0.1) is 12.7 Å². The molecule has 0 radical (unpaired) electrons. The highest BCUT2D eigenvalue weighted by Gasteiger charge is 2.11. The van der Waals surface area contributed by atoms with Crippen molar-refractivity contribution in [2.75, 3.05) is 7.11 Å². The van der Waals surface area contributed by atoms with Crippen LogP contribution in [-0.4, -0.2) is 24.0 Å². The Bertz CT molecular complexity index is 656. The van der Waals surface area contributed by atoms with E-state index >= 15 is 0 Å². The Hall–Kier alpha value is -2.56. The number of hydrogen-bond donors (Lipinski definition) is 2. The molecule has 0 aliphatic heterocycles. The molecule has 2 rings (SSSR count). The number of aromatic nitrogens is 1. The second kappa shape index (κ2) is 5.39. The van der Waals surface area contributed by atoms with Crippen LogP contribution < -0.4 is 5.73 Å². The maximum Gasteiger partial charge on any atom is 0.340 e. The molecule has 0 atom stereocenters. The Morgan fingerprint density at radius 3 is 2.89 bits per heavy atom. The zero-order valence-corrected chi connectivity index (χ0v) is 10.5. The van der Waals surface area contributed by atoms with E-state index in [1.807, 2.05) is 18.2 Å². The third-order valence-corrected chi connectivity index (χ3v) is 2.74. The lowest BCUT2D eigenvalue weighted by atomic mass is 10.1. The number of hydrogen-bond acceptors (Lipinski definition) is 3. The second-order valence-electron chi connectivity index (χ2n) is 4.07. The average Bonchev–Trinajstić information content (AvgIpc) is 2.80. The molecule has 0 aliphatic rings. The molecule has 5 nitrogen and oxygen atoms in total. The molecule has 1 amide bonds. The number of benzene rings is 1. The Morgan fingerprint density at radius 1 is 1.42 bits per heavy atom. The van der Waals surface area contributed by atoms with Crippen LogP contribution >= 0.6 is 0 Å². The predicted octanol–water partition coefficient (Wildman–Crippen LogP) is 1.84. The third-order valence-electron chi connectivity index (χ3n) is 2.74. The Kier molecular flexibility index (Phi) is 3.66. The zero-order valence-electron chi connectivity index (χ0n) is 10.5. The summed E-state index contributed by atoms with van der Waals surface area (Å²) in [5, 5.41) is 0.785. The van der Waals surface area contributed by atoms with Gasteiger partial charge in [-0.3, -0.25) is 4.79 Å². The van der Waals surface area contributed by atoms with Crippen molar-refractivity contribution in [1.29, 1.82) is 0 Å². The molecule has 2 aromatic rings. The first-order chi connectivity index (χ1) is 9.11. The van der Waals surface area contributed by atoms with Crippen molar-refractivity contribution in [3.63, 3.8) is 0 Å². The zero-order chi connectivity index (χ0) is 13.8. The van der Waals surface area contributed by atoms with E-state index in [9.17, 15) is 9.59 Å². The highest BCUT2D eigenvalue weighted by atomic mass is 16.5. The van der Waals surface area contributed by atoms with Gasteiger partial charge in [-0.2, -0.15) is 0 Å². The molecule has 0 bridgehead atoms. The van der Waals surface area contributed by atoms with Crippen molar-refractivity contribution in [3.8, 4) is 0 Å². The molecule has 5 heteroatoms. The average molecular weight is 258 g/mol. The van der Waals surface area contributed by atoms with Crippen LogP contribution in [0.15, 0.2) is 30.5 Å². The van der Waals surface area contributed by atoms with Gasteiger partial charge in [0.15, 0.2) is 0 Å². The van der Waals surface area contributed by atoms with Crippen LogP contribution in [-0.2, 0) is 9.53 Å². The number of primary amides is 1. The van der Waals surface area contributed by atoms with Crippen molar-refractivity contribution in [2.24, 2.45) is 5.73 Å². The molecule has 0 saturated carbocycles. The van der Waals surface area contributed by atoms with Gasteiger partial charge in [-0.15, -0.1) is 0 Å². The van der Waals surface area contributed by atoms with Gasteiger partial charge in [0, 0.05) is 23.5 Å². The lowest BCUT2D eigenvalue weighted by Crippen LogP contribution is -2.07. The number of methoxy groups -OCH3 is 1. The number of carbonyl (C=O) groups excluding carboxylic acids is 2. The van der Waals surface area contributed by atoms with Crippen LogP contribution in [0.4, 0.5) is 0 Å². The van der Waals surface area contributed by atoms with Crippen LogP contribution in [0.3, 0.4) is 0 Å². The van der Waals surface area contributed by atoms with Crippen molar-refractivity contribution in [3.05, 3.63) is 41.6 Å². The number of carbonyl (C=O) groups is 2. The quantitative estimate of drug-likeness (QED) is 0.820. The minimum absolute atomic E-state index is 0.190. The topological polar surface area (TPSA) is 85.2 Å².